The second-order valence-electron chi connectivity index (χ2n) is 8.36. The van der Waals surface area contributed by atoms with Gasteiger partial charge >= 0.3 is 0 Å². The predicted octanol–water partition coefficient (Wildman–Crippen LogP) is 5.73. The SMILES string of the molecule is Cc1ccc(OC(C)(C)C(=O)NC(C)C(Cc2ccc(Cl)cc2)c2ccccc2)cn1. The summed E-state index contributed by atoms with van der Waals surface area (Å²) < 4.78 is 5.95. The summed E-state index contributed by atoms with van der Waals surface area (Å²) in [6, 6.07) is 21.7. The second kappa shape index (κ2) is 9.97. The number of rotatable bonds is 8. The van der Waals surface area contributed by atoms with Crippen LogP contribution in [0.1, 0.15) is 43.5 Å². The van der Waals surface area contributed by atoms with Gasteiger partial charge < -0.3 is 10.1 Å². The highest BCUT2D eigenvalue weighted by Gasteiger charge is 2.33. The third-order valence-corrected chi connectivity index (χ3v) is 5.61. The number of nitrogens with zero attached hydrogens (tertiary/aromatic N) is 1. The lowest BCUT2D eigenvalue weighted by atomic mass is 9.86. The molecule has 2 unspecified atom stereocenters. The van der Waals surface area contributed by atoms with Crippen LogP contribution in [0.4, 0.5) is 0 Å². The van der Waals surface area contributed by atoms with Crippen LogP contribution in [-0.2, 0) is 11.2 Å². The molecule has 31 heavy (non-hydrogen) atoms. The standard InChI is InChI=1S/C26H29ClN2O2/c1-18-10-15-23(17-28-18)31-26(3,4)25(30)29-19(2)24(21-8-6-5-7-9-21)16-20-11-13-22(27)14-12-20/h5-15,17,19,24H,16H2,1-4H3,(H,29,30). The Labute approximate surface area is 189 Å². The molecule has 0 saturated carbocycles. The molecule has 0 aliphatic rings. The van der Waals surface area contributed by atoms with E-state index < -0.39 is 5.60 Å². The van der Waals surface area contributed by atoms with Gasteiger partial charge in [-0.3, -0.25) is 9.78 Å². The minimum absolute atomic E-state index is 0.100. The molecule has 0 fully saturated rings. The number of benzene rings is 2. The van der Waals surface area contributed by atoms with E-state index in [0.29, 0.717) is 10.8 Å². The van der Waals surface area contributed by atoms with E-state index in [2.05, 4.69) is 22.4 Å². The molecule has 4 nitrogen and oxygen atoms in total. The van der Waals surface area contributed by atoms with Crippen molar-refractivity contribution in [3.8, 4) is 5.75 Å². The highest BCUT2D eigenvalue weighted by Crippen LogP contribution is 2.26. The number of halogens is 1. The molecule has 0 aliphatic carbocycles. The van der Waals surface area contributed by atoms with Crippen LogP contribution in [0, 0.1) is 6.92 Å². The molecular formula is C26H29ClN2O2. The predicted molar refractivity (Wildman–Crippen MR) is 126 cm³/mol. The van der Waals surface area contributed by atoms with Gasteiger partial charge in [-0.05, 0) is 69.5 Å². The second-order valence-corrected chi connectivity index (χ2v) is 8.79. The van der Waals surface area contributed by atoms with E-state index in [1.807, 2.05) is 68.4 Å². The summed E-state index contributed by atoms with van der Waals surface area (Å²) >= 11 is 6.05. The quantitative estimate of drug-likeness (QED) is 0.490. The van der Waals surface area contributed by atoms with Crippen LogP contribution < -0.4 is 10.1 Å². The molecular weight excluding hydrogens is 408 g/mol. The highest BCUT2D eigenvalue weighted by molar-refractivity contribution is 6.30. The number of carbonyl (C=O) groups excluding carboxylic acids is 1. The third kappa shape index (κ3) is 6.31. The van der Waals surface area contributed by atoms with E-state index in [0.717, 1.165) is 12.1 Å². The summed E-state index contributed by atoms with van der Waals surface area (Å²) in [6.45, 7) is 7.49. The van der Waals surface area contributed by atoms with Crippen LogP contribution in [0.25, 0.3) is 0 Å². The van der Waals surface area contributed by atoms with Gasteiger partial charge in [-0.2, -0.15) is 0 Å². The molecule has 0 aliphatic heterocycles. The van der Waals surface area contributed by atoms with E-state index in [9.17, 15) is 4.79 Å². The molecule has 0 spiro atoms. The average Bonchev–Trinajstić information content (AvgIpc) is 2.75. The van der Waals surface area contributed by atoms with Crippen molar-refractivity contribution in [3.63, 3.8) is 0 Å². The summed E-state index contributed by atoms with van der Waals surface area (Å²) in [4.78, 5) is 17.3. The van der Waals surface area contributed by atoms with Crippen LogP contribution in [0.15, 0.2) is 72.9 Å². The van der Waals surface area contributed by atoms with Crippen molar-refractivity contribution in [2.45, 2.75) is 51.7 Å². The van der Waals surface area contributed by atoms with Crippen molar-refractivity contribution < 1.29 is 9.53 Å². The number of aryl methyl sites for hydroxylation is 1. The van der Waals surface area contributed by atoms with Gasteiger partial charge in [0.1, 0.15) is 5.75 Å². The number of aromatic nitrogens is 1. The zero-order valence-electron chi connectivity index (χ0n) is 18.4. The van der Waals surface area contributed by atoms with E-state index in [-0.39, 0.29) is 17.9 Å². The van der Waals surface area contributed by atoms with Crippen molar-refractivity contribution in [1.82, 2.24) is 10.3 Å². The van der Waals surface area contributed by atoms with Gasteiger partial charge in [0.15, 0.2) is 5.60 Å². The van der Waals surface area contributed by atoms with Gasteiger partial charge in [0.25, 0.3) is 5.91 Å². The lowest BCUT2D eigenvalue weighted by Gasteiger charge is -2.31. The average molecular weight is 437 g/mol. The number of ether oxygens (including phenoxy) is 1. The number of hydrogen-bond donors (Lipinski definition) is 1. The topological polar surface area (TPSA) is 51.2 Å². The third-order valence-electron chi connectivity index (χ3n) is 5.36. The molecule has 1 amide bonds. The van der Waals surface area contributed by atoms with Gasteiger partial charge in [0, 0.05) is 22.7 Å². The Morgan fingerprint density at radius 1 is 1.06 bits per heavy atom. The zero-order valence-corrected chi connectivity index (χ0v) is 19.2. The Morgan fingerprint density at radius 3 is 2.35 bits per heavy atom. The maximum atomic E-state index is 13.1. The van der Waals surface area contributed by atoms with Crippen LogP contribution in [0.3, 0.4) is 0 Å². The van der Waals surface area contributed by atoms with E-state index in [4.69, 9.17) is 16.3 Å². The number of hydrogen-bond acceptors (Lipinski definition) is 3. The van der Waals surface area contributed by atoms with Crippen molar-refractivity contribution in [1.29, 1.82) is 0 Å². The Balaban J connectivity index is 1.75. The van der Waals surface area contributed by atoms with Crippen molar-refractivity contribution in [2.75, 3.05) is 0 Å². The molecule has 3 aromatic rings. The largest absolute Gasteiger partial charge is 0.476 e. The van der Waals surface area contributed by atoms with Crippen molar-refractivity contribution >= 4 is 17.5 Å². The molecule has 162 valence electrons. The van der Waals surface area contributed by atoms with Crippen LogP contribution >= 0.6 is 11.6 Å². The first kappa shape index (κ1) is 22.8. The van der Waals surface area contributed by atoms with Crippen LogP contribution in [0.2, 0.25) is 5.02 Å². The van der Waals surface area contributed by atoms with Gasteiger partial charge in [-0.15, -0.1) is 0 Å². The molecule has 1 aromatic heterocycles. The normalized spacial score (nSPS) is 13.3. The molecule has 1 N–H and O–H groups in total. The first-order chi connectivity index (χ1) is 14.7. The van der Waals surface area contributed by atoms with E-state index in [1.165, 1.54) is 11.1 Å². The van der Waals surface area contributed by atoms with Gasteiger partial charge in [-0.1, -0.05) is 54.1 Å². The molecule has 0 radical (unpaired) electrons. The molecule has 5 heteroatoms. The van der Waals surface area contributed by atoms with Crippen molar-refractivity contribution in [3.05, 3.63) is 94.8 Å². The Bertz CT molecular complexity index is 986. The molecule has 0 saturated heterocycles. The summed E-state index contributed by atoms with van der Waals surface area (Å²) in [6.07, 6.45) is 2.42. The highest BCUT2D eigenvalue weighted by atomic mass is 35.5. The van der Waals surface area contributed by atoms with E-state index >= 15 is 0 Å². The molecule has 0 bridgehead atoms. The fourth-order valence-electron chi connectivity index (χ4n) is 3.49. The van der Waals surface area contributed by atoms with Gasteiger partial charge in [-0.25, -0.2) is 0 Å². The minimum Gasteiger partial charge on any atom is -0.476 e. The Hall–Kier alpha value is -2.85. The first-order valence-electron chi connectivity index (χ1n) is 10.5. The number of pyridine rings is 1. The zero-order chi connectivity index (χ0) is 22.4. The minimum atomic E-state index is -1.04. The Morgan fingerprint density at radius 2 is 1.74 bits per heavy atom. The molecule has 2 atom stereocenters. The summed E-state index contributed by atoms with van der Waals surface area (Å²) in [5, 5.41) is 3.89. The molecule has 3 rings (SSSR count). The molecule has 1 heterocycles. The summed E-state index contributed by atoms with van der Waals surface area (Å²) in [5.74, 6) is 0.500. The number of amides is 1. The monoisotopic (exact) mass is 436 g/mol. The van der Waals surface area contributed by atoms with Gasteiger partial charge in [0.05, 0.1) is 6.20 Å². The smallest absolute Gasteiger partial charge is 0.263 e. The Kier molecular flexibility index (Phi) is 7.34. The lowest BCUT2D eigenvalue weighted by molar-refractivity contribution is -0.135. The summed E-state index contributed by atoms with van der Waals surface area (Å²) in [5.41, 5.74) is 2.20. The fraction of sp³-hybridized carbons (Fsp3) is 0.308. The lowest BCUT2D eigenvalue weighted by Crippen LogP contribution is -2.51. The maximum absolute atomic E-state index is 13.1. The summed E-state index contributed by atoms with van der Waals surface area (Å²) in [7, 11) is 0. The number of nitrogens with one attached hydrogen (secondary N) is 1. The van der Waals surface area contributed by atoms with Gasteiger partial charge in [0.2, 0.25) is 0 Å². The van der Waals surface area contributed by atoms with E-state index in [1.54, 1.807) is 20.0 Å². The van der Waals surface area contributed by atoms with Crippen LogP contribution in [0.5, 0.6) is 5.75 Å². The number of carbonyl (C=O) groups is 1. The fourth-order valence-corrected chi connectivity index (χ4v) is 3.62. The molecule has 2 aromatic carbocycles. The van der Waals surface area contributed by atoms with Crippen LogP contribution in [-0.4, -0.2) is 22.5 Å². The first-order valence-corrected chi connectivity index (χ1v) is 10.8. The van der Waals surface area contributed by atoms with Crippen molar-refractivity contribution in [2.24, 2.45) is 0 Å². The maximum Gasteiger partial charge on any atom is 0.263 e.